The van der Waals surface area contributed by atoms with Gasteiger partial charge in [-0.1, -0.05) is 30.3 Å². The number of aromatic nitrogens is 2. The molecule has 0 bridgehead atoms. The smallest absolute Gasteiger partial charge is 0.387 e. The molecule has 0 aliphatic carbocycles. The summed E-state index contributed by atoms with van der Waals surface area (Å²) in [6.07, 6.45) is 1.09. The molecule has 0 spiro atoms. The van der Waals surface area contributed by atoms with E-state index in [0.29, 0.717) is 16.6 Å². The molecule has 1 heterocycles. The number of sulfone groups is 1. The van der Waals surface area contributed by atoms with Crippen LogP contribution >= 0.6 is 0 Å². The molecular formula is C19H19F2N3O4S. The molecule has 2 aromatic carbocycles. The van der Waals surface area contributed by atoms with Gasteiger partial charge in [0.1, 0.15) is 23.9 Å². The Morgan fingerprint density at radius 3 is 2.59 bits per heavy atom. The summed E-state index contributed by atoms with van der Waals surface area (Å²) in [5.74, 6) is -0.492. The molecule has 1 amide bonds. The number of nitrogens with zero attached hydrogens (tertiary/aromatic N) is 2. The van der Waals surface area contributed by atoms with Crippen molar-refractivity contribution in [3.05, 3.63) is 59.9 Å². The third-order valence-electron chi connectivity index (χ3n) is 4.09. The summed E-state index contributed by atoms with van der Waals surface area (Å²) in [7, 11) is -3.36. The lowest BCUT2D eigenvalue weighted by Gasteiger charge is -2.12. The van der Waals surface area contributed by atoms with Crippen molar-refractivity contribution in [2.24, 2.45) is 0 Å². The molecule has 3 rings (SSSR count). The normalized spacial score (nSPS) is 11.7. The van der Waals surface area contributed by atoms with E-state index in [0.717, 1.165) is 6.26 Å². The Balaban J connectivity index is 1.78. The van der Waals surface area contributed by atoms with Crippen LogP contribution in [0.2, 0.25) is 0 Å². The van der Waals surface area contributed by atoms with E-state index in [-0.39, 0.29) is 30.4 Å². The number of halogens is 2. The number of amides is 1. The molecular weight excluding hydrogens is 404 g/mol. The number of benzene rings is 2. The Hall–Kier alpha value is -3.01. The van der Waals surface area contributed by atoms with E-state index in [4.69, 9.17) is 0 Å². The highest BCUT2D eigenvalue weighted by Gasteiger charge is 2.17. The Morgan fingerprint density at radius 1 is 1.17 bits per heavy atom. The first-order valence-electron chi connectivity index (χ1n) is 8.64. The topological polar surface area (TPSA) is 90.3 Å². The summed E-state index contributed by atoms with van der Waals surface area (Å²) in [4.78, 5) is 16.8. The highest BCUT2D eigenvalue weighted by atomic mass is 32.2. The van der Waals surface area contributed by atoms with Gasteiger partial charge in [0, 0.05) is 18.4 Å². The van der Waals surface area contributed by atoms with Gasteiger partial charge in [0.2, 0.25) is 5.91 Å². The Morgan fingerprint density at radius 2 is 1.86 bits per heavy atom. The van der Waals surface area contributed by atoms with Crippen LogP contribution in [-0.4, -0.2) is 36.7 Å². The summed E-state index contributed by atoms with van der Waals surface area (Å²) >= 11 is 0. The van der Waals surface area contributed by atoms with E-state index < -0.39 is 22.4 Å². The first-order valence-corrected chi connectivity index (χ1v) is 10.7. The van der Waals surface area contributed by atoms with E-state index in [1.807, 2.05) is 0 Å². The molecule has 7 nitrogen and oxygen atoms in total. The van der Waals surface area contributed by atoms with Crippen molar-refractivity contribution in [3.8, 4) is 5.75 Å². The Bertz CT molecular complexity index is 1130. The van der Waals surface area contributed by atoms with E-state index >= 15 is 0 Å². The molecule has 0 aliphatic heterocycles. The quantitative estimate of drug-likeness (QED) is 0.601. The van der Waals surface area contributed by atoms with Gasteiger partial charge in [-0.3, -0.25) is 4.79 Å². The minimum absolute atomic E-state index is 0.0181. The summed E-state index contributed by atoms with van der Waals surface area (Å²) in [6.45, 7) is -3.15. The molecule has 1 aromatic heterocycles. The minimum atomic E-state index is -3.36. The fraction of sp³-hybridized carbons (Fsp3) is 0.263. The molecule has 0 aliphatic rings. The van der Waals surface area contributed by atoms with Gasteiger partial charge in [-0.15, -0.1) is 0 Å². The molecule has 0 unspecified atom stereocenters. The van der Waals surface area contributed by atoms with E-state index in [1.165, 1.54) is 10.6 Å². The zero-order chi connectivity index (χ0) is 21.0. The summed E-state index contributed by atoms with van der Waals surface area (Å²) in [5, 5.41) is 2.64. The van der Waals surface area contributed by atoms with Crippen molar-refractivity contribution in [2.75, 3.05) is 6.26 Å². The van der Waals surface area contributed by atoms with Crippen LogP contribution in [-0.2, 0) is 33.5 Å². The fourth-order valence-corrected chi connectivity index (χ4v) is 3.59. The largest absolute Gasteiger partial charge is 0.434 e. The highest BCUT2D eigenvalue weighted by molar-refractivity contribution is 7.89. The van der Waals surface area contributed by atoms with Crippen molar-refractivity contribution in [2.45, 2.75) is 25.5 Å². The molecule has 0 saturated carbocycles. The van der Waals surface area contributed by atoms with Crippen molar-refractivity contribution in [1.29, 1.82) is 0 Å². The predicted octanol–water partition coefficient (Wildman–Crippen LogP) is 2.50. The zero-order valence-corrected chi connectivity index (χ0v) is 16.3. The van der Waals surface area contributed by atoms with E-state index in [1.54, 1.807) is 42.5 Å². The Labute approximate surface area is 166 Å². The zero-order valence-electron chi connectivity index (χ0n) is 15.5. The van der Waals surface area contributed by atoms with Gasteiger partial charge in [-0.25, -0.2) is 13.4 Å². The van der Waals surface area contributed by atoms with Gasteiger partial charge >= 0.3 is 6.61 Å². The van der Waals surface area contributed by atoms with E-state index in [9.17, 15) is 22.0 Å². The van der Waals surface area contributed by atoms with Crippen LogP contribution in [0.3, 0.4) is 0 Å². The molecule has 3 aromatic rings. The number of hydrogen-bond donors (Lipinski definition) is 1. The summed E-state index contributed by atoms with van der Waals surface area (Å²) < 4.78 is 54.4. The fourth-order valence-electron chi connectivity index (χ4n) is 2.90. The number of hydrogen-bond acceptors (Lipinski definition) is 5. The second-order valence-electron chi connectivity index (χ2n) is 6.44. The second-order valence-corrected chi connectivity index (χ2v) is 8.58. The minimum Gasteiger partial charge on any atom is -0.434 e. The van der Waals surface area contributed by atoms with Gasteiger partial charge < -0.3 is 14.6 Å². The number of imidazole rings is 1. The van der Waals surface area contributed by atoms with Crippen LogP contribution in [0.25, 0.3) is 11.0 Å². The molecule has 0 fully saturated rings. The Kier molecular flexibility index (Phi) is 6.12. The first kappa shape index (κ1) is 20.7. The number of carbonyl (C=O) groups excluding carboxylic acids is 1. The molecule has 29 heavy (non-hydrogen) atoms. The average Bonchev–Trinajstić information content (AvgIpc) is 2.96. The van der Waals surface area contributed by atoms with Crippen molar-refractivity contribution >= 4 is 26.8 Å². The molecule has 0 atom stereocenters. The lowest BCUT2D eigenvalue weighted by molar-refractivity contribution is -0.121. The highest BCUT2D eigenvalue weighted by Crippen LogP contribution is 2.20. The van der Waals surface area contributed by atoms with Gasteiger partial charge in [0.15, 0.2) is 9.84 Å². The number of ether oxygens (including phenoxy) is 1. The number of alkyl halides is 2. The van der Waals surface area contributed by atoms with Crippen LogP contribution in [0, 0.1) is 0 Å². The van der Waals surface area contributed by atoms with E-state index in [2.05, 4.69) is 15.0 Å². The van der Waals surface area contributed by atoms with Crippen LogP contribution < -0.4 is 10.1 Å². The van der Waals surface area contributed by atoms with Gasteiger partial charge in [-0.05, 0) is 18.2 Å². The maximum atomic E-state index is 12.5. The number of carbonyl (C=O) groups is 1. The molecule has 1 N–H and O–H groups in total. The monoisotopic (exact) mass is 423 g/mol. The molecule has 0 saturated heterocycles. The number of fused-ring (bicyclic) bond motifs is 1. The number of para-hydroxylation sites is 3. The maximum absolute atomic E-state index is 12.5. The van der Waals surface area contributed by atoms with Crippen LogP contribution in [0.15, 0.2) is 48.5 Å². The predicted molar refractivity (Wildman–Crippen MR) is 103 cm³/mol. The van der Waals surface area contributed by atoms with Gasteiger partial charge in [0.05, 0.1) is 11.0 Å². The van der Waals surface area contributed by atoms with Crippen LogP contribution in [0.4, 0.5) is 8.78 Å². The average molecular weight is 423 g/mol. The summed E-state index contributed by atoms with van der Waals surface area (Å²) in [5.41, 5.74) is 1.60. The van der Waals surface area contributed by atoms with Gasteiger partial charge in [-0.2, -0.15) is 8.78 Å². The third-order valence-corrected chi connectivity index (χ3v) is 4.87. The first-order chi connectivity index (χ1) is 13.7. The van der Waals surface area contributed by atoms with Crippen molar-refractivity contribution in [1.82, 2.24) is 14.9 Å². The SMILES string of the molecule is CS(=O)(=O)Cc1nc2ccccc2n1CC(=O)NCc1ccccc1OC(F)F. The maximum Gasteiger partial charge on any atom is 0.387 e. The molecule has 154 valence electrons. The third kappa shape index (κ3) is 5.50. The van der Waals surface area contributed by atoms with Crippen LogP contribution in [0.5, 0.6) is 5.75 Å². The van der Waals surface area contributed by atoms with Crippen molar-refractivity contribution < 1.29 is 26.7 Å². The lowest BCUT2D eigenvalue weighted by Crippen LogP contribution is -2.28. The molecule has 10 heteroatoms. The van der Waals surface area contributed by atoms with Crippen molar-refractivity contribution in [3.63, 3.8) is 0 Å². The number of rotatable bonds is 8. The van der Waals surface area contributed by atoms with Gasteiger partial charge in [0.25, 0.3) is 0 Å². The molecule has 0 radical (unpaired) electrons. The second kappa shape index (κ2) is 8.56. The standard InChI is InChI=1S/C19H19F2N3O4S/c1-29(26,27)12-17-23-14-7-3-4-8-15(14)24(17)11-18(25)22-10-13-6-2-5-9-16(13)28-19(20)21/h2-9,19H,10-12H2,1H3,(H,22,25). The lowest BCUT2D eigenvalue weighted by atomic mass is 10.2. The summed E-state index contributed by atoms with van der Waals surface area (Å²) in [6, 6.07) is 13.2. The number of nitrogens with one attached hydrogen (secondary N) is 1. The van der Waals surface area contributed by atoms with Crippen LogP contribution in [0.1, 0.15) is 11.4 Å².